The highest BCUT2D eigenvalue weighted by molar-refractivity contribution is 5.77. The number of nitrogens with zero attached hydrogens (tertiary/aromatic N) is 2. The number of rotatable bonds is 11. The topological polar surface area (TPSA) is 43.8 Å². The van der Waals surface area contributed by atoms with Gasteiger partial charge in [0.25, 0.3) is 0 Å². The van der Waals surface area contributed by atoms with Gasteiger partial charge in [-0.15, -0.1) is 0 Å². The number of carbonyl (C=O) groups excluding carboxylic acids is 1. The average molecular weight is 445 g/mol. The molecule has 3 aromatic rings. The van der Waals surface area contributed by atoms with Crippen LogP contribution < -0.4 is 0 Å². The molecule has 0 radical (unpaired) electrons. The van der Waals surface area contributed by atoms with Crippen molar-refractivity contribution in [3.8, 4) is 0 Å². The van der Waals surface area contributed by atoms with Gasteiger partial charge in [-0.25, -0.2) is 0 Å². The SMILES string of the molecule is CC[C@H](CC(=O)N(C)[C@@H](C)[C@@H](O)c1ccccc1)N(Cc1ccccc1)Cc1ccccc1. The Kier molecular flexibility index (Phi) is 9.23. The maximum Gasteiger partial charge on any atom is 0.224 e. The van der Waals surface area contributed by atoms with Crippen LogP contribution in [0.3, 0.4) is 0 Å². The molecule has 174 valence electrons. The first-order valence-electron chi connectivity index (χ1n) is 11.8. The lowest BCUT2D eigenvalue weighted by Crippen LogP contribution is -2.43. The van der Waals surface area contributed by atoms with Crippen LogP contribution in [0.5, 0.6) is 0 Å². The van der Waals surface area contributed by atoms with Gasteiger partial charge in [0.15, 0.2) is 0 Å². The van der Waals surface area contributed by atoms with E-state index < -0.39 is 6.10 Å². The summed E-state index contributed by atoms with van der Waals surface area (Å²) < 4.78 is 0. The Labute approximate surface area is 198 Å². The molecule has 0 heterocycles. The predicted molar refractivity (Wildman–Crippen MR) is 134 cm³/mol. The van der Waals surface area contributed by atoms with Crippen LogP contribution in [-0.4, -0.2) is 39.9 Å². The van der Waals surface area contributed by atoms with E-state index in [-0.39, 0.29) is 18.0 Å². The molecule has 0 saturated carbocycles. The summed E-state index contributed by atoms with van der Waals surface area (Å²) in [4.78, 5) is 17.4. The summed E-state index contributed by atoms with van der Waals surface area (Å²) in [6.07, 6.45) is 0.567. The fourth-order valence-corrected chi connectivity index (χ4v) is 4.19. The molecular weight excluding hydrogens is 408 g/mol. The van der Waals surface area contributed by atoms with Gasteiger partial charge < -0.3 is 10.0 Å². The number of aliphatic hydroxyl groups excluding tert-OH is 1. The summed E-state index contributed by atoms with van der Waals surface area (Å²) in [6, 6.07) is 30.2. The molecule has 3 atom stereocenters. The molecule has 0 saturated heterocycles. The molecule has 0 unspecified atom stereocenters. The van der Waals surface area contributed by atoms with Crippen molar-refractivity contribution in [2.75, 3.05) is 7.05 Å². The van der Waals surface area contributed by atoms with Crippen LogP contribution in [0.25, 0.3) is 0 Å². The van der Waals surface area contributed by atoms with E-state index in [4.69, 9.17) is 0 Å². The Morgan fingerprint density at radius 1 is 0.818 bits per heavy atom. The van der Waals surface area contributed by atoms with Gasteiger partial charge in [-0.1, -0.05) is 97.9 Å². The van der Waals surface area contributed by atoms with E-state index in [0.29, 0.717) is 6.42 Å². The minimum Gasteiger partial charge on any atom is -0.386 e. The molecular formula is C29H36N2O2. The van der Waals surface area contributed by atoms with E-state index in [1.165, 1.54) is 11.1 Å². The lowest BCUT2D eigenvalue weighted by molar-refractivity contribution is -0.135. The molecule has 3 aromatic carbocycles. The van der Waals surface area contributed by atoms with Crippen LogP contribution in [0, 0.1) is 0 Å². The van der Waals surface area contributed by atoms with Gasteiger partial charge in [0.05, 0.1) is 12.1 Å². The van der Waals surface area contributed by atoms with Crippen molar-refractivity contribution in [2.24, 2.45) is 0 Å². The summed E-state index contributed by atoms with van der Waals surface area (Å²) in [5, 5.41) is 10.8. The lowest BCUT2D eigenvalue weighted by Gasteiger charge is -2.34. The van der Waals surface area contributed by atoms with Gasteiger partial charge in [0.2, 0.25) is 5.91 Å². The van der Waals surface area contributed by atoms with E-state index in [0.717, 1.165) is 25.1 Å². The zero-order chi connectivity index (χ0) is 23.6. The number of amides is 1. The van der Waals surface area contributed by atoms with Crippen molar-refractivity contribution in [1.29, 1.82) is 0 Å². The van der Waals surface area contributed by atoms with Crippen molar-refractivity contribution in [3.05, 3.63) is 108 Å². The molecule has 1 amide bonds. The van der Waals surface area contributed by atoms with Crippen LogP contribution in [0.15, 0.2) is 91.0 Å². The summed E-state index contributed by atoms with van der Waals surface area (Å²) >= 11 is 0. The van der Waals surface area contributed by atoms with Crippen molar-refractivity contribution in [3.63, 3.8) is 0 Å². The van der Waals surface area contributed by atoms with Crippen molar-refractivity contribution in [1.82, 2.24) is 9.80 Å². The third kappa shape index (κ3) is 7.01. The maximum absolute atomic E-state index is 13.3. The van der Waals surface area contributed by atoms with Crippen molar-refractivity contribution < 1.29 is 9.90 Å². The van der Waals surface area contributed by atoms with Gasteiger partial charge >= 0.3 is 0 Å². The van der Waals surface area contributed by atoms with E-state index >= 15 is 0 Å². The molecule has 0 bridgehead atoms. The Hall–Kier alpha value is -2.95. The largest absolute Gasteiger partial charge is 0.386 e. The highest BCUT2D eigenvalue weighted by Gasteiger charge is 2.27. The van der Waals surface area contributed by atoms with Crippen molar-refractivity contribution in [2.45, 2.75) is 58.0 Å². The van der Waals surface area contributed by atoms with E-state index in [1.807, 2.05) is 49.4 Å². The standard InChI is InChI=1S/C29H36N2O2/c1-4-27(20-28(32)30(3)23(2)29(33)26-18-12-7-13-19-26)31(21-24-14-8-5-9-15-24)22-25-16-10-6-11-17-25/h5-19,23,27,29,33H,4,20-22H2,1-3H3/t23-,27+,29+/m0/s1. The van der Waals surface area contributed by atoms with Gasteiger partial charge in [-0.2, -0.15) is 0 Å². The Balaban J connectivity index is 1.72. The molecule has 0 spiro atoms. The Morgan fingerprint density at radius 2 is 1.27 bits per heavy atom. The number of likely N-dealkylation sites (N-methyl/N-ethyl adjacent to an activating group) is 1. The maximum atomic E-state index is 13.3. The quantitative estimate of drug-likeness (QED) is 0.428. The van der Waals surface area contributed by atoms with Gasteiger partial charge in [0, 0.05) is 32.6 Å². The Morgan fingerprint density at radius 3 is 1.73 bits per heavy atom. The first-order chi connectivity index (χ1) is 16.0. The zero-order valence-corrected chi connectivity index (χ0v) is 20.0. The highest BCUT2D eigenvalue weighted by Crippen LogP contribution is 2.23. The molecule has 0 aromatic heterocycles. The summed E-state index contributed by atoms with van der Waals surface area (Å²) in [5.41, 5.74) is 3.30. The second-order valence-corrected chi connectivity index (χ2v) is 8.74. The highest BCUT2D eigenvalue weighted by atomic mass is 16.3. The molecule has 0 fully saturated rings. The third-order valence-corrected chi connectivity index (χ3v) is 6.46. The molecule has 33 heavy (non-hydrogen) atoms. The van der Waals surface area contributed by atoms with E-state index in [2.05, 4.69) is 60.4 Å². The number of carbonyl (C=O) groups is 1. The fraction of sp³-hybridized carbons (Fsp3) is 0.345. The summed E-state index contributed by atoms with van der Waals surface area (Å²) in [7, 11) is 1.80. The first-order valence-corrected chi connectivity index (χ1v) is 11.8. The van der Waals surface area contributed by atoms with Gasteiger partial charge in [0.1, 0.15) is 0 Å². The van der Waals surface area contributed by atoms with Crippen LogP contribution in [0.1, 0.15) is 49.5 Å². The number of aliphatic hydroxyl groups is 1. The Bertz CT molecular complexity index is 921. The lowest BCUT2D eigenvalue weighted by atomic mass is 10.0. The number of hydrogen-bond acceptors (Lipinski definition) is 3. The van der Waals surface area contributed by atoms with Crippen LogP contribution in [-0.2, 0) is 17.9 Å². The normalized spacial score (nSPS) is 14.0. The van der Waals surface area contributed by atoms with Crippen LogP contribution >= 0.6 is 0 Å². The smallest absolute Gasteiger partial charge is 0.224 e. The summed E-state index contributed by atoms with van der Waals surface area (Å²) in [6.45, 7) is 5.62. The van der Waals surface area contributed by atoms with Crippen LogP contribution in [0.2, 0.25) is 0 Å². The number of hydrogen-bond donors (Lipinski definition) is 1. The third-order valence-electron chi connectivity index (χ3n) is 6.46. The first kappa shape index (κ1) is 24.7. The molecule has 4 nitrogen and oxygen atoms in total. The molecule has 0 aliphatic rings. The van der Waals surface area contributed by atoms with E-state index in [1.54, 1.807) is 11.9 Å². The zero-order valence-electron chi connectivity index (χ0n) is 20.0. The fourth-order valence-electron chi connectivity index (χ4n) is 4.19. The second kappa shape index (κ2) is 12.3. The minimum absolute atomic E-state index is 0.0513. The number of benzene rings is 3. The molecule has 0 aliphatic heterocycles. The average Bonchev–Trinajstić information content (AvgIpc) is 2.87. The molecule has 0 aliphatic carbocycles. The second-order valence-electron chi connectivity index (χ2n) is 8.74. The predicted octanol–water partition coefficient (Wildman–Crippen LogP) is 5.44. The van der Waals surface area contributed by atoms with E-state index in [9.17, 15) is 9.90 Å². The van der Waals surface area contributed by atoms with Crippen molar-refractivity contribution >= 4 is 5.91 Å². The summed E-state index contributed by atoms with van der Waals surface area (Å²) in [5.74, 6) is 0.0513. The molecule has 3 rings (SSSR count). The molecule has 4 heteroatoms. The monoisotopic (exact) mass is 444 g/mol. The minimum atomic E-state index is -0.718. The van der Waals surface area contributed by atoms with Gasteiger partial charge in [-0.05, 0) is 30.0 Å². The molecule has 1 N–H and O–H groups in total. The van der Waals surface area contributed by atoms with Gasteiger partial charge in [-0.3, -0.25) is 9.69 Å². The van der Waals surface area contributed by atoms with Crippen LogP contribution in [0.4, 0.5) is 0 Å².